The quantitative estimate of drug-likeness (QED) is 0.865. The zero-order valence-electron chi connectivity index (χ0n) is 10.5. The van der Waals surface area contributed by atoms with Crippen LogP contribution in [-0.2, 0) is 6.42 Å². The molecule has 1 N–H and O–H groups in total. The zero-order valence-corrected chi connectivity index (χ0v) is 12.8. The molecule has 0 aliphatic carbocycles. The van der Waals surface area contributed by atoms with Gasteiger partial charge in [0.05, 0.1) is 6.10 Å². The second kappa shape index (κ2) is 7.19. The van der Waals surface area contributed by atoms with Crippen LogP contribution in [0.2, 0.25) is 15.1 Å². The highest BCUT2D eigenvalue weighted by molar-refractivity contribution is 6.33. The molecule has 0 saturated heterocycles. The molecule has 0 aromatic heterocycles. The van der Waals surface area contributed by atoms with E-state index in [9.17, 15) is 5.11 Å². The number of hydrogen-bond donors (Lipinski definition) is 1. The molecular weight excluding hydrogens is 319 g/mol. The molecule has 2 aromatic rings. The Morgan fingerprint density at radius 2 is 1.75 bits per heavy atom. The van der Waals surface area contributed by atoms with Crippen molar-refractivity contribution in [1.29, 1.82) is 0 Å². The van der Waals surface area contributed by atoms with Gasteiger partial charge in [-0.25, -0.2) is 0 Å². The minimum atomic E-state index is -0.676. The SMILES string of the molecule is OC(COc1cccc(Cl)c1)Cc1cc(Cl)ccc1Cl. The van der Waals surface area contributed by atoms with Gasteiger partial charge in [-0.05, 0) is 42.0 Å². The van der Waals surface area contributed by atoms with E-state index in [-0.39, 0.29) is 6.61 Å². The average molecular weight is 332 g/mol. The van der Waals surface area contributed by atoms with Crippen molar-refractivity contribution in [2.45, 2.75) is 12.5 Å². The van der Waals surface area contributed by atoms with Gasteiger partial charge in [-0.1, -0.05) is 40.9 Å². The largest absolute Gasteiger partial charge is 0.491 e. The van der Waals surface area contributed by atoms with Gasteiger partial charge in [0, 0.05) is 21.5 Å². The maximum atomic E-state index is 9.99. The van der Waals surface area contributed by atoms with Gasteiger partial charge in [0.15, 0.2) is 0 Å². The molecular formula is C15H13Cl3O2. The topological polar surface area (TPSA) is 29.5 Å². The summed E-state index contributed by atoms with van der Waals surface area (Å²) in [7, 11) is 0. The summed E-state index contributed by atoms with van der Waals surface area (Å²) in [6.07, 6.45) is -0.301. The number of halogens is 3. The molecule has 0 radical (unpaired) electrons. The van der Waals surface area contributed by atoms with Crippen LogP contribution in [-0.4, -0.2) is 17.8 Å². The summed E-state index contributed by atoms with van der Waals surface area (Å²) in [5.74, 6) is 0.619. The van der Waals surface area contributed by atoms with Crippen molar-refractivity contribution in [2.75, 3.05) is 6.61 Å². The minimum absolute atomic E-state index is 0.156. The van der Waals surface area contributed by atoms with E-state index in [1.165, 1.54) is 0 Å². The lowest BCUT2D eigenvalue weighted by molar-refractivity contribution is 0.108. The van der Waals surface area contributed by atoms with Gasteiger partial charge in [-0.3, -0.25) is 0 Å². The highest BCUT2D eigenvalue weighted by Gasteiger charge is 2.10. The molecule has 20 heavy (non-hydrogen) atoms. The molecule has 0 heterocycles. The van der Waals surface area contributed by atoms with Crippen LogP contribution in [0.25, 0.3) is 0 Å². The molecule has 0 aliphatic heterocycles. The third kappa shape index (κ3) is 4.57. The summed E-state index contributed by atoms with van der Waals surface area (Å²) in [6, 6.07) is 12.2. The lowest BCUT2D eigenvalue weighted by atomic mass is 10.1. The number of rotatable bonds is 5. The molecule has 1 unspecified atom stereocenters. The number of benzene rings is 2. The fourth-order valence-corrected chi connectivity index (χ4v) is 2.33. The average Bonchev–Trinajstić information content (AvgIpc) is 2.41. The summed E-state index contributed by atoms with van der Waals surface area (Å²) < 4.78 is 5.48. The maximum Gasteiger partial charge on any atom is 0.120 e. The first-order chi connectivity index (χ1) is 9.54. The number of aliphatic hydroxyl groups excluding tert-OH is 1. The van der Waals surface area contributed by atoms with Crippen LogP contribution in [0.4, 0.5) is 0 Å². The molecule has 1 atom stereocenters. The van der Waals surface area contributed by atoms with E-state index in [0.29, 0.717) is 27.2 Å². The smallest absolute Gasteiger partial charge is 0.120 e. The molecule has 0 aliphatic rings. The van der Waals surface area contributed by atoms with Crippen molar-refractivity contribution < 1.29 is 9.84 Å². The molecule has 0 spiro atoms. The van der Waals surface area contributed by atoms with Crippen LogP contribution in [0.1, 0.15) is 5.56 Å². The van der Waals surface area contributed by atoms with Gasteiger partial charge in [-0.2, -0.15) is 0 Å². The lowest BCUT2D eigenvalue weighted by Gasteiger charge is -2.13. The minimum Gasteiger partial charge on any atom is -0.491 e. The van der Waals surface area contributed by atoms with Gasteiger partial charge in [0.1, 0.15) is 12.4 Å². The van der Waals surface area contributed by atoms with E-state index in [1.54, 1.807) is 42.5 Å². The van der Waals surface area contributed by atoms with Gasteiger partial charge in [-0.15, -0.1) is 0 Å². The van der Waals surface area contributed by atoms with E-state index < -0.39 is 6.10 Å². The Bertz CT molecular complexity index is 587. The van der Waals surface area contributed by atoms with Gasteiger partial charge in [0.2, 0.25) is 0 Å². The maximum absolute atomic E-state index is 9.99. The van der Waals surface area contributed by atoms with Gasteiger partial charge >= 0.3 is 0 Å². The summed E-state index contributed by atoms with van der Waals surface area (Å²) >= 11 is 17.8. The third-order valence-electron chi connectivity index (χ3n) is 2.70. The fourth-order valence-electron chi connectivity index (χ4n) is 1.76. The number of ether oxygens (including phenoxy) is 1. The molecule has 2 rings (SSSR count). The van der Waals surface area contributed by atoms with Crippen LogP contribution in [0.5, 0.6) is 5.75 Å². The highest BCUT2D eigenvalue weighted by atomic mass is 35.5. The Labute approximate surface area is 132 Å². The van der Waals surface area contributed by atoms with E-state index in [2.05, 4.69) is 0 Å². The summed E-state index contributed by atoms with van der Waals surface area (Å²) in [5.41, 5.74) is 0.793. The van der Waals surface area contributed by atoms with Crippen LogP contribution in [0.15, 0.2) is 42.5 Å². The van der Waals surface area contributed by atoms with Crippen LogP contribution in [0.3, 0.4) is 0 Å². The molecule has 0 saturated carbocycles. The zero-order chi connectivity index (χ0) is 14.5. The number of aliphatic hydroxyl groups is 1. The van der Waals surface area contributed by atoms with Gasteiger partial charge in [0.25, 0.3) is 0 Å². The number of hydrogen-bond acceptors (Lipinski definition) is 2. The van der Waals surface area contributed by atoms with Crippen LogP contribution in [0, 0.1) is 0 Å². The first-order valence-electron chi connectivity index (χ1n) is 6.05. The molecule has 0 bridgehead atoms. The third-order valence-corrected chi connectivity index (χ3v) is 3.54. The van der Waals surface area contributed by atoms with Crippen molar-refractivity contribution in [1.82, 2.24) is 0 Å². The second-order valence-corrected chi connectivity index (χ2v) is 5.64. The van der Waals surface area contributed by atoms with E-state index in [0.717, 1.165) is 5.56 Å². The van der Waals surface area contributed by atoms with Crippen molar-refractivity contribution in [2.24, 2.45) is 0 Å². The van der Waals surface area contributed by atoms with Crippen molar-refractivity contribution in [3.63, 3.8) is 0 Å². The lowest BCUT2D eigenvalue weighted by Crippen LogP contribution is -2.20. The Kier molecular flexibility index (Phi) is 5.55. The summed E-state index contributed by atoms with van der Waals surface area (Å²) in [4.78, 5) is 0. The van der Waals surface area contributed by atoms with E-state index in [1.807, 2.05) is 0 Å². The predicted octanol–water partition coefficient (Wildman–Crippen LogP) is 4.63. The Hall–Kier alpha value is -0.930. The first-order valence-corrected chi connectivity index (χ1v) is 7.18. The first kappa shape index (κ1) is 15.5. The fraction of sp³-hybridized carbons (Fsp3) is 0.200. The summed E-state index contributed by atoms with van der Waals surface area (Å²) in [5, 5.41) is 11.8. The molecule has 0 fully saturated rings. The molecule has 0 amide bonds. The molecule has 5 heteroatoms. The Morgan fingerprint density at radius 3 is 2.50 bits per heavy atom. The summed E-state index contributed by atoms with van der Waals surface area (Å²) in [6.45, 7) is 0.156. The molecule has 2 aromatic carbocycles. The van der Waals surface area contributed by atoms with Gasteiger partial charge < -0.3 is 9.84 Å². The molecule has 2 nitrogen and oxygen atoms in total. The Balaban J connectivity index is 1.92. The molecule has 106 valence electrons. The normalized spacial score (nSPS) is 12.2. The Morgan fingerprint density at radius 1 is 1.00 bits per heavy atom. The predicted molar refractivity (Wildman–Crippen MR) is 83.1 cm³/mol. The van der Waals surface area contributed by atoms with Crippen molar-refractivity contribution in [3.8, 4) is 5.75 Å². The van der Waals surface area contributed by atoms with Crippen LogP contribution < -0.4 is 4.74 Å². The monoisotopic (exact) mass is 330 g/mol. The van der Waals surface area contributed by atoms with E-state index >= 15 is 0 Å². The van der Waals surface area contributed by atoms with Crippen molar-refractivity contribution in [3.05, 3.63) is 63.1 Å². The second-order valence-electron chi connectivity index (χ2n) is 4.36. The van der Waals surface area contributed by atoms with Crippen molar-refractivity contribution >= 4 is 34.8 Å². The standard InChI is InChI=1S/C15H13Cl3O2/c16-11-2-1-3-14(8-11)20-9-13(19)7-10-6-12(17)4-5-15(10)18/h1-6,8,13,19H,7,9H2. The van der Waals surface area contributed by atoms with E-state index in [4.69, 9.17) is 39.5 Å². The van der Waals surface area contributed by atoms with Crippen LogP contribution >= 0.6 is 34.8 Å². The highest BCUT2D eigenvalue weighted by Crippen LogP contribution is 2.22.